The Bertz CT molecular complexity index is 913. The minimum absolute atomic E-state index is 0.148. The van der Waals surface area contributed by atoms with E-state index >= 15 is 0 Å². The second kappa shape index (κ2) is 10.4. The fourth-order valence-electron chi connectivity index (χ4n) is 5.05. The van der Waals surface area contributed by atoms with Crippen molar-refractivity contribution in [2.45, 2.75) is 58.0 Å². The number of nitrogens with zero attached hydrogens (tertiary/aromatic N) is 3. The molecule has 0 bridgehead atoms. The van der Waals surface area contributed by atoms with Gasteiger partial charge in [0, 0.05) is 31.7 Å². The van der Waals surface area contributed by atoms with E-state index in [0.717, 1.165) is 69.0 Å². The van der Waals surface area contributed by atoms with Gasteiger partial charge in [-0.3, -0.25) is 9.69 Å². The maximum Gasteiger partial charge on any atom is 0.307 e. The van der Waals surface area contributed by atoms with Crippen molar-refractivity contribution < 1.29 is 9.21 Å². The molecule has 2 aliphatic rings. The molecule has 0 spiro atoms. The van der Waals surface area contributed by atoms with Crippen molar-refractivity contribution in [3.05, 3.63) is 46.1 Å². The molecule has 0 unspecified atom stereocenters. The molecule has 8 heteroatoms. The molecule has 2 aromatic rings. The number of nitrogens with one attached hydrogen (secondary N) is 1. The molecule has 1 amide bonds. The Balaban J connectivity index is 1.20. The first-order valence-electron chi connectivity index (χ1n) is 11.6. The highest BCUT2D eigenvalue weighted by molar-refractivity contribution is 6.43. The first kappa shape index (κ1) is 23.4. The molecule has 1 aromatic heterocycles. The normalized spacial score (nSPS) is 24.5. The quantitative estimate of drug-likeness (QED) is 0.619. The zero-order valence-corrected chi connectivity index (χ0v) is 20.3. The molecule has 6 nitrogen and oxygen atoms in total. The van der Waals surface area contributed by atoms with Gasteiger partial charge in [-0.15, -0.1) is 0 Å². The molecule has 1 saturated carbocycles. The van der Waals surface area contributed by atoms with Crippen molar-refractivity contribution in [1.29, 1.82) is 0 Å². The molecule has 0 radical (unpaired) electrons. The number of piperazine rings is 1. The molecule has 1 aliphatic heterocycles. The van der Waals surface area contributed by atoms with Gasteiger partial charge in [0.05, 0.1) is 21.9 Å². The maximum absolute atomic E-state index is 12.1. The van der Waals surface area contributed by atoms with Gasteiger partial charge in [0.2, 0.25) is 0 Å². The van der Waals surface area contributed by atoms with E-state index in [9.17, 15) is 4.79 Å². The molecule has 174 valence electrons. The van der Waals surface area contributed by atoms with E-state index in [-0.39, 0.29) is 17.8 Å². The fourth-order valence-corrected chi connectivity index (χ4v) is 5.54. The summed E-state index contributed by atoms with van der Waals surface area (Å²) in [5.41, 5.74) is 2.19. The Labute approximate surface area is 200 Å². The smallest absolute Gasteiger partial charge is 0.307 e. The van der Waals surface area contributed by atoms with Crippen LogP contribution in [0.4, 0.5) is 5.69 Å². The number of aryl methyl sites for hydroxylation is 1. The lowest BCUT2D eigenvalue weighted by Crippen LogP contribution is -2.52. The fraction of sp³-hybridized carbons (Fsp3) is 0.583. The van der Waals surface area contributed by atoms with E-state index in [1.54, 1.807) is 0 Å². The molecular weight excluding hydrogens is 447 g/mol. The standard InChI is InChI=1S/C24H32Cl2N4O2/c1-16-13-20(25)22(26)21(14-16)30-11-10-29(15-17(30)2)9-7-18-3-5-19(6-4-18)28-23(31)24-27-8-12-32-24/h8,12-14,17-19H,3-7,9-11,15H2,1-2H3,(H,28,31)/t17-,18?,19?/m1/s1. The summed E-state index contributed by atoms with van der Waals surface area (Å²) >= 11 is 12.8. The first-order valence-corrected chi connectivity index (χ1v) is 12.3. The lowest BCUT2D eigenvalue weighted by Gasteiger charge is -2.42. The lowest BCUT2D eigenvalue weighted by atomic mass is 9.84. The van der Waals surface area contributed by atoms with Crippen LogP contribution in [-0.4, -0.2) is 54.1 Å². The second-order valence-electron chi connectivity index (χ2n) is 9.24. The number of aromatic nitrogens is 1. The Morgan fingerprint density at radius 2 is 2.00 bits per heavy atom. The predicted molar refractivity (Wildman–Crippen MR) is 129 cm³/mol. The van der Waals surface area contributed by atoms with E-state index in [1.807, 2.05) is 6.07 Å². The van der Waals surface area contributed by atoms with Gasteiger partial charge in [0.25, 0.3) is 5.89 Å². The van der Waals surface area contributed by atoms with Crippen LogP contribution in [0.5, 0.6) is 0 Å². The summed E-state index contributed by atoms with van der Waals surface area (Å²) in [5.74, 6) is 0.665. The number of carbonyl (C=O) groups excluding carboxylic acids is 1. The van der Waals surface area contributed by atoms with Crippen molar-refractivity contribution in [2.24, 2.45) is 5.92 Å². The van der Waals surface area contributed by atoms with E-state index in [0.29, 0.717) is 16.1 Å². The number of oxazole rings is 1. The molecule has 2 fully saturated rings. The first-order chi connectivity index (χ1) is 15.4. The Morgan fingerprint density at radius 3 is 2.69 bits per heavy atom. The average Bonchev–Trinajstić information content (AvgIpc) is 3.31. The molecule has 32 heavy (non-hydrogen) atoms. The van der Waals surface area contributed by atoms with E-state index in [2.05, 4.69) is 40.0 Å². The molecule has 1 saturated heterocycles. The van der Waals surface area contributed by atoms with Gasteiger partial charge in [-0.2, -0.15) is 0 Å². The van der Waals surface area contributed by atoms with Crippen molar-refractivity contribution in [3.8, 4) is 0 Å². The number of halogens is 2. The highest BCUT2D eigenvalue weighted by Gasteiger charge is 2.28. The molecule has 2 heterocycles. The monoisotopic (exact) mass is 478 g/mol. The van der Waals surface area contributed by atoms with E-state index in [4.69, 9.17) is 27.6 Å². The number of amides is 1. The summed E-state index contributed by atoms with van der Waals surface area (Å²) in [5, 5.41) is 4.34. The molecule has 1 aliphatic carbocycles. The predicted octanol–water partition coefficient (Wildman–Crippen LogP) is 5.18. The van der Waals surface area contributed by atoms with Crippen LogP contribution in [0.1, 0.15) is 55.3 Å². The molecule has 1 N–H and O–H groups in total. The van der Waals surface area contributed by atoms with Gasteiger partial charge in [0.15, 0.2) is 0 Å². The number of anilines is 1. The summed E-state index contributed by atoms with van der Waals surface area (Å²) < 4.78 is 5.08. The third-order valence-corrected chi connectivity index (χ3v) is 7.63. The summed E-state index contributed by atoms with van der Waals surface area (Å²) in [6.45, 7) is 8.47. The minimum Gasteiger partial charge on any atom is -0.441 e. The Hall–Kier alpha value is -1.76. The third-order valence-electron chi connectivity index (χ3n) is 6.84. The zero-order valence-electron chi connectivity index (χ0n) is 18.8. The van der Waals surface area contributed by atoms with Gasteiger partial charge in [-0.25, -0.2) is 4.98 Å². The van der Waals surface area contributed by atoms with E-state index in [1.165, 1.54) is 18.9 Å². The van der Waals surface area contributed by atoms with Crippen molar-refractivity contribution in [3.63, 3.8) is 0 Å². The topological polar surface area (TPSA) is 61.6 Å². The summed E-state index contributed by atoms with van der Waals surface area (Å²) in [7, 11) is 0. The molecular formula is C24H32Cl2N4O2. The lowest BCUT2D eigenvalue weighted by molar-refractivity contribution is 0.0884. The van der Waals surface area contributed by atoms with Crippen LogP contribution in [0, 0.1) is 12.8 Å². The van der Waals surface area contributed by atoms with Crippen LogP contribution in [0.15, 0.2) is 29.0 Å². The van der Waals surface area contributed by atoms with Gasteiger partial charge in [0.1, 0.15) is 6.26 Å². The highest BCUT2D eigenvalue weighted by atomic mass is 35.5. The van der Waals surface area contributed by atoms with Crippen LogP contribution in [0.2, 0.25) is 10.0 Å². The molecule has 1 aromatic carbocycles. The van der Waals surface area contributed by atoms with Gasteiger partial charge in [-0.1, -0.05) is 23.2 Å². The van der Waals surface area contributed by atoms with Crippen LogP contribution in [0.3, 0.4) is 0 Å². The van der Waals surface area contributed by atoms with Crippen LogP contribution >= 0.6 is 23.2 Å². The largest absolute Gasteiger partial charge is 0.441 e. The Morgan fingerprint density at radius 1 is 1.22 bits per heavy atom. The molecule has 1 atom stereocenters. The van der Waals surface area contributed by atoms with Gasteiger partial charge >= 0.3 is 5.91 Å². The second-order valence-corrected chi connectivity index (χ2v) is 10.0. The minimum atomic E-state index is -0.208. The van der Waals surface area contributed by atoms with E-state index < -0.39 is 0 Å². The number of rotatable bonds is 6. The summed E-state index contributed by atoms with van der Waals surface area (Å²) in [6, 6.07) is 4.67. The highest BCUT2D eigenvalue weighted by Crippen LogP contribution is 2.36. The van der Waals surface area contributed by atoms with Crippen LogP contribution in [-0.2, 0) is 0 Å². The van der Waals surface area contributed by atoms with Crippen molar-refractivity contribution in [1.82, 2.24) is 15.2 Å². The number of hydrogen-bond donors (Lipinski definition) is 1. The van der Waals surface area contributed by atoms with Crippen LogP contribution < -0.4 is 10.2 Å². The number of benzene rings is 1. The summed E-state index contributed by atoms with van der Waals surface area (Å²) in [4.78, 5) is 21.0. The zero-order chi connectivity index (χ0) is 22.7. The maximum atomic E-state index is 12.1. The number of carbonyl (C=O) groups is 1. The van der Waals surface area contributed by atoms with Crippen molar-refractivity contribution in [2.75, 3.05) is 31.1 Å². The van der Waals surface area contributed by atoms with Crippen LogP contribution in [0.25, 0.3) is 0 Å². The van der Waals surface area contributed by atoms with Gasteiger partial charge in [-0.05, 0) is 76.1 Å². The third kappa shape index (κ3) is 5.59. The molecule has 4 rings (SSSR count). The average molecular weight is 479 g/mol. The van der Waals surface area contributed by atoms with Crippen molar-refractivity contribution >= 4 is 34.8 Å². The summed E-state index contributed by atoms with van der Waals surface area (Å²) in [6.07, 6.45) is 8.49. The Kier molecular flexibility index (Phi) is 7.64. The SMILES string of the molecule is Cc1cc(Cl)c(Cl)c(N2CCN(CCC3CCC(NC(=O)c4ncco4)CC3)C[C@H]2C)c1. The number of hydrogen-bond acceptors (Lipinski definition) is 5. The van der Waals surface area contributed by atoms with Gasteiger partial charge < -0.3 is 14.6 Å².